The lowest BCUT2D eigenvalue weighted by Crippen LogP contribution is -1.99. The molecule has 0 aromatic heterocycles. The van der Waals surface area contributed by atoms with Gasteiger partial charge in [0.05, 0.1) is 11.5 Å². The van der Waals surface area contributed by atoms with Crippen molar-refractivity contribution in [3.8, 4) is 5.75 Å². The molecule has 0 N–H and O–H groups in total. The van der Waals surface area contributed by atoms with Crippen LogP contribution in [0.15, 0.2) is 36.9 Å². The number of benzene rings is 1. The third kappa shape index (κ3) is 3.42. The minimum absolute atomic E-state index is 0.0103. The highest BCUT2D eigenvalue weighted by molar-refractivity contribution is 5.45. The first-order chi connectivity index (χ1) is 7.25. The molecule has 0 unspecified atom stereocenters. The highest BCUT2D eigenvalue weighted by Gasteiger charge is 2.12. The SMILES string of the molecule is C=CCCCOc1ccccc1[N+](=O)[O-]. The van der Waals surface area contributed by atoms with Crippen LogP contribution in [0.4, 0.5) is 5.69 Å². The number of nitrogens with zero attached hydrogens (tertiary/aromatic N) is 1. The molecule has 0 fully saturated rings. The quantitative estimate of drug-likeness (QED) is 0.312. The zero-order valence-electron chi connectivity index (χ0n) is 8.39. The molecule has 1 aromatic rings. The Kier molecular flexibility index (Phi) is 4.34. The Morgan fingerprint density at radius 1 is 1.47 bits per heavy atom. The molecule has 0 aliphatic rings. The van der Waals surface area contributed by atoms with Crippen molar-refractivity contribution in [2.45, 2.75) is 12.8 Å². The van der Waals surface area contributed by atoms with Gasteiger partial charge in [-0.2, -0.15) is 0 Å². The second kappa shape index (κ2) is 5.80. The van der Waals surface area contributed by atoms with Crippen LogP contribution in [-0.4, -0.2) is 11.5 Å². The molecule has 0 heterocycles. The lowest BCUT2D eigenvalue weighted by atomic mass is 10.3. The lowest BCUT2D eigenvalue weighted by molar-refractivity contribution is -0.385. The minimum atomic E-state index is -0.442. The van der Waals surface area contributed by atoms with Crippen LogP contribution >= 0.6 is 0 Å². The van der Waals surface area contributed by atoms with E-state index in [0.29, 0.717) is 12.4 Å². The summed E-state index contributed by atoms with van der Waals surface area (Å²) in [6.07, 6.45) is 3.46. The Morgan fingerprint density at radius 3 is 2.87 bits per heavy atom. The van der Waals surface area contributed by atoms with Crippen LogP contribution in [0.25, 0.3) is 0 Å². The number of allylic oxidation sites excluding steroid dienone is 1. The molecule has 0 aliphatic carbocycles. The van der Waals surface area contributed by atoms with Gasteiger partial charge in [0.15, 0.2) is 5.75 Å². The number of hydrogen-bond donors (Lipinski definition) is 0. The van der Waals surface area contributed by atoms with E-state index in [9.17, 15) is 10.1 Å². The van der Waals surface area contributed by atoms with E-state index in [1.165, 1.54) is 6.07 Å². The summed E-state index contributed by atoms with van der Waals surface area (Å²) in [6.45, 7) is 4.06. The van der Waals surface area contributed by atoms with Crippen LogP contribution in [0.5, 0.6) is 5.75 Å². The van der Waals surface area contributed by atoms with Crippen molar-refractivity contribution in [3.63, 3.8) is 0 Å². The van der Waals surface area contributed by atoms with Crippen molar-refractivity contribution < 1.29 is 9.66 Å². The third-order valence-electron chi connectivity index (χ3n) is 1.87. The molecule has 0 aliphatic heterocycles. The van der Waals surface area contributed by atoms with Gasteiger partial charge in [0.1, 0.15) is 0 Å². The van der Waals surface area contributed by atoms with Gasteiger partial charge in [0.2, 0.25) is 0 Å². The van der Waals surface area contributed by atoms with Crippen molar-refractivity contribution in [2.24, 2.45) is 0 Å². The maximum Gasteiger partial charge on any atom is 0.310 e. The molecule has 15 heavy (non-hydrogen) atoms. The summed E-state index contributed by atoms with van der Waals surface area (Å²) in [4.78, 5) is 10.2. The zero-order chi connectivity index (χ0) is 11.1. The first-order valence-corrected chi connectivity index (χ1v) is 4.73. The third-order valence-corrected chi connectivity index (χ3v) is 1.87. The minimum Gasteiger partial charge on any atom is -0.487 e. The molecule has 0 spiro atoms. The topological polar surface area (TPSA) is 52.4 Å². The van der Waals surface area contributed by atoms with Gasteiger partial charge in [0.25, 0.3) is 0 Å². The Labute approximate surface area is 88.3 Å². The average molecular weight is 207 g/mol. The van der Waals surface area contributed by atoms with Gasteiger partial charge in [-0.1, -0.05) is 18.2 Å². The van der Waals surface area contributed by atoms with Gasteiger partial charge in [-0.3, -0.25) is 10.1 Å². The van der Waals surface area contributed by atoms with E-state index in [2.05, 4.69) is 6.58 Å². The average Bonchev–Trinajstić information content (AvgIpc) is 2.25. The van der Waals surface area contributed by atoms with Crippen LogP contribution in [0.2, 0.25) is 0 Å². The number of nitro groups is 1. The molecule has 4 nitrogen and oxygen atoms in total. The van der Waals surface area contributed by atoms with Gasteiger partial charge in [-0.05, 0) is 18.9 Å². The fourth-order valence-electron chi connectivity index (χ4n) is 1.14. The normalized spacial score (nSPS) is 9.60. The maximum atomic E-state index is 10.6. The van der Waals surface area contributed by atoms with Gasteiger partial charge >= 0.3 is 5.69 Å². The number of rotatable bonds is 6. The van der Waals surface area contributed by atoms with E-state index in [0.717, 1.165) is 12.8 Å². The highest BCUT2D eigenvalue weighted by Crippen LogP contribution is 2.25. The summed E-state index contributed by atoms with van der Waals surface area (Å²) >= 11 is 0. The number of unbranched alkanes of at least 4 members (excludes halogenated alkanes) is 1. The predicted octanol–water partition coefficient (Wildman–Crippen LogP) is 2.94. The van der Waals surface area contributed by atoms with Gasteiger partial charge in [-0.25, -0.2) is 0 Å². The fraction of sp³-hybridized carbons (Fsp3) is 0.273. The summed E-state index contributed by atoms with van der Waals surface area (Å²) in [6, 6.07) is 6.37. The maximum absolute atomic E-state index is 10.6. The molecule has 0 radical (unpaired) electrons. The van der Waals surface area contributed by atoms with Crippen molar-refractivity contribution in [2.75, 3.05) is 6.61 Å². The van der Waals surface area contributed by atoms with E-state index in [4.69, 9.17) is 4.74 Å². The van der Waals surface area contributed by atoms with Crippen molar-refractivity contribution in [1.82, 2.24) is 0 Å². The lowest BCUT2D eigenvalue weighted by Gasteiger charge is -2.04. The molecule has 0 atom stereocenters. The van der Waals surface area contributed by atoms with Gasteiger partial charge in [0, 0.05) is 6.07 Å². The summed E-state index contributed by atoms with van der Waals surface area (Å²) in [7, 11) is 0. The molecular formula is C11H13NO3. The van der Waals surface area contributed by atoms with Crippen LogP contribution in [0, 0.1) is 10.1 Å². The fourth-order valence-corrected chi connectivity index (χ4v) is 1.14. The van der Waals surface area contributed by atoms with E-state index in [1.54, 1.807) is 24.3 Å². The Bertz CT molecular complexity index is 349. The highest BCUT2D eigenvalue weighted by atomic mass is 16.6. The number of para-hydroxylation sites is 2. The van der Waals surface area contributed by atoms with Crippen LogP contribution in [0.3, 0.4) is 0 Å². The number of ether oxygens (including phenoxy) is 1. The van der Waals surface area contributed by atoms with E-state index >= 15 is 0 Å². The molecule has 0 saturated heterocycles. The Balaban J connectivity index is 2.59. The van der Waals surface area contributed by atoms with Crippen LogP contribution < -0.4 is 4.74 Å². The van der Waals surface area contributed by atoms with Crippen LogP contribution in [0.1, 0.15) is 12.8 Å². The monoisotopic (exact) mass is 207 g/mol. The number of nitro benzene ring substituents is 1. The summed E-state index contributed by atoms with van der Waals surface area (Å²) in [5.74, 6) is 0.326. The Morgan fingerprint density at radius 2 is 2.20 bits per heavy atom. The first kappa shape index (κ1) is 11.2. The summed E-state index contributed by atoms with van der Waals surface area (Å²) in [5, 5.41) is 10.6. The summed E-state index contributed by atoms with van der Waals surface area (Å²) < 4.78 is 5.31. The van der Waals surface area contributed by atoms with Crippen LogP contribution in [-0.2, 0) is 0 Å². The standard InChI is InChI=1S/C11H13NO3/c1-2-3-6-9-15-11-8-5-4-7-10(11)12(13)14/h2,4-5,7-8H,1,3,6,9H2. The van der Waals surface area contributed by atoms with E-state index in [-0.39, 0.29) is 5.69 Å². The molecular weight excluding hydrogens is 194 g/mol. The largest absolute Gasteiger partial charge is 0.487 e. The summed E-state index contributed by atoms with van der Waals surface area (Å²) in [5.41, 5.74) is 0.0103. The van der Waals surface area contributed by atoms with Crippen molar-refractivity contribution in [1.29, 1.82) is 0 Å². The second-order valence-corrected chi connectivity index (χ2v) is 3.00. The molecule has 0 amide bonds. The van der Waals surface area contributed by atoms with E-state index < -0.39 is 4.92 Å². The smallest absolute Gasteiger partial charge is 0.310 e. The van der Waals surface area contributed by atoms with Gasteiger partial charge in [-0.15, -0.1) is 6.58 Å². The zero-order valence-corrected chi connectivity index (χ0v) is 8.39. The second-order valence-electron chi connectivity index (χ2n) is 3.00. The first-order valence-electron chi connectivity index (χ1n) is 4.73. The molecule has 0 saturated carbocycles. The Hall–Kier alpha value is -1.84. The van der Waals surface area contributed by atoms with Crippen molar-refractivity contribution >= 4 is 5.69 Å². The molecule has 4 heteroatoms. The molecule has 1 aromatic carbocycles. The number of hydrogen-bond acceptors (Lipinski definition) is 3. The van der Waals surface area contributed by atoms with E-state index in [1.807, 2.05) is 0 Å². The molecule has 80 valence electrons. The predicted molar refractivity (Wildman–Crippen MR) is 58.0 cm³/mol. The molecule has 0 bridgehead atoms. The molecule has 1 rings (SSSR count). The van der Waals surface area contributed by atoms with Crippen molar-refractivity contribution in [3.05, 3.63) is 47.0 Å². The van der Waals surface area contributed by atoms with Gasteiger partial charge < -0.3 is 4.74 Å².